The highest BCUT2D eigenvalue weighted by Crippen LogP contribution is 2.29. The van der Waals surface area contributed by atoms with Gasteiger partial charge in [0.2, 0.25) is 0 Å². The van der Waals surface area contributed by atoms with Crippen molar-refractivity contribution in [1.82, 2.24) is 14.9 Å². The van der Waals surface area contributed by atoms with Gasteiger partial charge in [-0.25, -0.2) is 4.98 Å². The molecule has 1 unspecified atom stereocenters. The van der Waals surface area contributed by atoms with Crippen molar-refractivity contribution in [3.8, 4) is 0 Å². The van der Waals surface area contributed by atoms with Crippen LogP contribution < -0.4 is 5.73 Å². The van der Waals surface area contributed by atoms with E-state index in [1.807, 2.05) is 30.3 Å². The van der Waals surface area contributed by atoms with Gasteiger partial charge in [0.25, 0.3) is 5.91 Å². The Labute approximate surface area is 150 Å². The third kappa shape index (κ3) is 3.25. The van der Waals surface area contributed by atoms with Gasteiger partial charge in [0.05, 0.1) is 11.1 Å². The fraction of sp³-hybridized carbons (Fsp3) is 0.263. The summed E-state index contributed by atoms with van der Waals surface area (Å²) in [5, 5.41) is 0.768. The molecule has 5 nitrogen and oxygen atoms in total. The SMILES string of the molecule is NC(=O)c1cccc2[nH]c(C3CCN(Cc4cccc(Cl)c4)C3)nc12. The number of hydrogen-bond acceptors (Lipinski definition) is 3. The molecule has 25 heavy (non-hydrogen) atoms. The Bertz CT molecular complexity index is 936. The molecule has 3 N–H and O–H groups in total. The van der Waals surface area contributed by atoms with Crippen molar-refractivity contribution in [2.75, 3.05) is 13.1 Å². The van der Waals surface area contributed by atoms with Gasteiger partial charge >= 0.3 is 0 Å². The number of benzene rings is 2. The van der Waals surface area contributed by atoms with Gasteiger partial charge in [-0.05, 0) is 42.8 Å². The van der Waals surface area contributed by atoms with Crippen LogP contribution in [-0.2, 0) is 6.54 Å². The topological polar surface area (TPSA) is 75.0 Å². The fourth-order valence-electron chi connectivity index (χ4n) is 3.54. The van der Waals surface area contributed by atoms with Gasteiger partial charge in [0.15, 0.2) is 0 Å². The Morgan fingerprint density at radius 2 is 2.16 bits per heavy atom. The van der Waals surface area contributed by atoms with Gasteiger partial charge in [-0.3, -0.25) is 9.69 Å². The number of aromatic amines is 1. The number of carbonyl (C=O) groups excluding carboxylic acids is 1. The number of para-hydroxylation sites is 1. The van der Waals surface area contributed by atoms with Crippen molar-refractivity contribution in [3.05, 3.63) is 64.4 Å². The third-order valence-corrected chi connectivity index (χ3v) is 4.99. The zero-order chi connectivity index (χ0) is 17.4. The van der Waals surface area contributed by atoms with Crippen molar-refractivity contribution >= 4 is 28.5 Å². The predicted molar refractivity (Wildman–Crippen MR) is 98.7 cm³/mol. The monoisotopic (exact) mass is 354 g/mol. The van der Waals surface area contributed by atoms with E-state index in [2.05, 4.69) is 20.9 Å². The summed E-state index contributed by atoms with van der Waals surface area (Å²) < 4.78 is 0. The average molecular weight is 355 g/mol. The molecule has 1 aromatic heterocycles. The Morgan fingerprint density at radius 1 is 1.32 bits per heavy atom. The first-order valence-electron chi connectivity index (χ1n) is 8.35. The summed E-state index contributed by atoms with van der Waals surface area (Å²) in [7, 11) is 0. The van der Waals surface area contributed by atoms with Gasteiger partial charge in [0, 0.05) is 24.0 Å². The maximum atomic E-state index is 11.6. The summed E-state index contributed by atoms with van der Waals surface area (Å²) in [6.07, 6.45) is 1.03. The second kappa shape index (κ2) is 6.50. The summed E-state index contributed by atoms with van der Waals surface area (Å²) in [6, 6.07) is 13.4. The third-order valence-electron chi connectivity index (χ3n) is 4.75. The minimum absolute atomic E-state index is 0.326. The molecule has 1 fully saturated rings. The molecule has 1 atom stereocenters. The highest BCUT2D eigenvalue weighted by molar-refractivity contribution is 6.30. The quantitative estimate of drug-likeness (QED) is 0.754. The summed E-state index contributed by atoms with van der Waals surface area (Å²) in [5.41, 5.74) is 8.66. The molecule has 0 saturated carbocycles. The second-order valence-corrected chi connectivity index (χ2v) is 6.98. The van der Waals surface area contributed by atoms with E-state index in [-0.39, 0.29) is 0 Å². The van der Waals surface area contributed by atoms with Crippen molar-refractivity contribution in [3.63, 3.8) is 0 Å². The number of aromatic nitrogens is 2. The molecule has 0 bridgehead atoms. The Kier molecular flexibility index (Phi) is 4.19. The van der Waals surface area contributed by atoms with Gasteiger partial charge in [-0.1, -0.05) is 29.8 Å². The first kappa shape index (κ1) is 16.1. The van der Waals surface area contributed by atoms with E-state index >= 15 is 0 Å². The number of imidazole rings is 1. The normalized spacial score (nSPS) is 18.0. The van der Waals surface area contributed by atoms with Crippen LogP contribution in [-0.4, -0.2) is 33.9 Å². The highest BCUT2D eigenvalue weighted by Gasteiger charge is 2.26. The van der Waals surface area contributed by atoms with Crippen molar-refractivity contribution < 1.29 is 4.79 Å². The minimum Gasteiger partial charge on any atom is -0.366 e. The number of likely N-dealkylation sites (tertiary alicyclic amines) is 1. The van der Waals surface area contributed by atoms with Crippen LogP contribution in [0.15, 0.2) is 42.5 Å². The highest BCUT2D eigenvalue weighted by atomic mass is 35.5. The van der Waals surface area contributed by atoms with Gasteiger partial charge in [-0.15, -0.1) is 0 Å². The van der Waals surface area contributed by atoms with Crippen LogP contribution >= 0.6 is 11.6 Å². The van der Waals surface area contributed by atoms with Crippen LogP contribution in [0.1, 0.15) is 34.1 Å². The van der Waals surface area contributed by atoms with E-state index in [9.17, 15) is 4.79 Å². The number of nitrogens with one attached hydrogen (secondary N) is 1. The largest absolute Gasteiger partial charge is 0.366 e. The number of nitrogens with two attached hydrogens (primary N) is 1. The molecule has 128 valence electrons. The van der Waals surface area contributed by atoms with Crippen molar-refractivity contribution in [1.29, 1.82) is 0 Å². The average Bonchev–Trinajstić information content (AvgIpc) is 3.20. The van der Waals surface area contributed by atoms with E-state index in [1.54, 1.807) is 6.07 Å². The molecular formula is C19H19ClN4O. The summed E-state index contributed by atoms with van der Waals surface area (Å²) in [4.78, 5) is 22.0. The van der Waals surface area contributed by atoms with Crippen LogP contribution in [0.3, 0.4) is 0 Å². The lowest BCUT2D eigenvalue weighted by Crippen LogP contribution is -2.19. The molecule has 0 aliphatic carbocycles. The molecule has 3 aromatic rings. The molecule has 6 heteroatoms. The smallest absolute Gasteiger partial charge is 0.250 e. The van der Waals surface area contributed by atoms with E-state index < -0.39 is 5.91 Å². The fourth-order valence-corrected chi connectivity index (χ4v) is 3.75. The Morgan fingerprint density at radius 3 is 2.96 bits per heavy atom. The molecule has 1 aliphatic rings. The number of carbonyl (C=O) groups is 1. The second-order valence-electron chi connectivity index (χ2n) is 6.54. The van der Waals surface area contributed by atoms with Crippen molar-refractivity contribution in [2.24, 2.45) is 5.73 Å². The molecule has 2 heterocycles. The number of H-pyrrole nitrogens is 1. The summed E-state index contributed by atoms with van der Waals surface area (Å²) in [5.74, 6) is 0.808. The van der Waals surface area contributed by atoms with Gasteiger partial charge < -0.3 is 10.7 Å². The Hall–Kier alpha value is -2.37. The standard InChI is InChI=1S/C19H19ClN4O/c20-14-4-1-3-12(9-14)10-24-8-7-13(11-24)19-22-16-6-2-5-15(18(21)25)17(16)23-19/h1-6,9,13H,7-8,10-11H2,(H2,21,25)(H,22,23). The van der Waals surface area contributed by atoms with E-state index in [1.165, 1.54) is 5.56 Å². The van der Waals surface area contributed by atoms with Crippen LogP contribution in [0.5, 0.6) is 0 Å². The predicted octanol–water partition coefficient (Wildman–Crippen LogP) is 3.30. The van der Waals surface area contributed by atoms with Crippen LogP contribution in [0, 0.1) is 0 Å². The zero-order valence-corrected chi connectivity index (χ0v) is 14.5. The maximum absolute atomic E-state index is 11.6. The van der Waals surface area contributed by atoms with Gasteiger partial charge in [0.1, 0.15) is 11.3 Å². The molecule has 0 radical (unpaired) electrons. The number of amides is 1. The molecule has 0 spiro atoms. The van der Waals surface area contributed by atoms with Crippen molar-refractivity contribution in [2.45, 2.75) is 18.9 Å². The van der Waals surface area contributed by atoms with Crippen LogP contribution in [0.25, 0.3) is 11.0 Å². The van der Waals surface area contributed by atoms with E-state index in [4.69, 9.17) is 17.3 Å². The Balaban J connectivity index is 1.53. The lowest BCUT2D eigenvalue weighted by molar-refractivity contribution is 0.100. The molecule has 1 saturated heterocycles. The first-order valence-corrected chi connectivity index (χ1v) is 8.73. The lowest BCUT2D eigenvalue weighted by Gasteiger charge is -2.15. The first-order chi connectivity index (χ1) is 12.1. The number of fused-ring (bicyclic) bond motifs is 1. The summed E-state index contributed by atoms with van der Waals surface area (Å²) in [6.45, 7) is 2.82. The van der Waals surface area contributed by atoms with Crippen LogP contribution in [0.4, 0.5) is 0 Å². The molecule has 1 aliphatic heterocycles. The molecule has 2 aromatic carbocycles. The minimum atomic E-state index is -0.447. The van der Waals surface area contributed by atoms with Gasteiger partial charge in [-0.2, -0.15) is 0 Å². The van der Waals surface area contributed by atoms with E-state index in [0.717, 1.165) is 42.4 Å². The molecular weight excluding hydrogens is 336 g/mol. The lowest BCUT2D eigenvalue weighted by atomic mass is 10.1. The molecule has 4 rings (SSSR count). The number of primary amides is 1. The van der Waals surface area contributed by atoms with Crippen LogP contribution in [0.2, 0.25) is 5.02 Å². The summed E-state index contributed by atoms with van der Waals surface area (Å²) >= 11 is 6.07. The molecule has 1 amide bonds. The maximum Gasteiger partial charge on any atom is 0.250 e. The number of nitrogens with zero attached hydrogens (tertiary/aromatic N) is 2. The zero-order valence-electron chi connectivity index (χ0n) is 13.7. The number of rotatable bonds is 4. The number of hydrogen-bond donors (Lipinski definition) is 2. The van der Waals surface area contributed by atoms with E-state index in [0.29, 0.717) is 17.0 Å². The number of halogens is 1.